The molecule has 1 aromatic heterocycles. The predicted octanol–water partition coefficient (Wildman–Crippen LogP) is 5.91. The molecule has 0 aliphatic heterocycles. The highest BCUT2D eigenvalue weighted by molar-refractivity contribution is 7.99. The average Bonchev–Trinajstić information content (AvgIpc) is 3.12. The smallest absolute Gasteiger partial charge is 0.269 e. The van der Waals surface area contributed by atoms with Crippen molar-refractivity contribution >= 4 is 40.2 Å². The van der Waals surface area contributed by atoms with Crippen molar-refractivity contribution in [3.8, 4) is 5.75 Å². The lowest BCUT2D eigenvalue weighted by Gasteiger charge is -2.08. The molecule has 0 unspecified atom stereocenters. The summed E-state index contributed by atoms with van der Waals surface area (Å²) in [6, 6.07) is 23.2. The first-order valence-corrected chi connectivity index (χ1v) is 10.3. The number of nitrogens with one attached hydrogen (secondary N) is 2. The summed E-state index contributed by atoms with van der Waals surface area (Å²) in [6.07, 6.45) is 0. The summed E-state index contributed by atoms with van der Waals surface area (Å²) in [4.78, 5) is 18.2. The lowest BCUT2D eigenvalue weighted by atomic mass is 10.2. The number of aromatic amines is 1. The number of rotatable bonds is 6. The Labute approximate surface area is 178 Å². The topological polar surface area (TPSA) is 54.1 Å². The number of ether oxygens (including phenoxy) is 1. The summed E-state index contributed by atoms with van der Waals surface area (Å²) < 4.78 is 5.17. The molecule has 0 spiro atoms. The maximum absolute atomic E-state index is 13.0. The Hall–Kier alpha value is -2.89. The van der Waals surface area contributed by atoms with Crippen molar-refractivity contribution in [3.63, 3.8) is 0 Å². The van der Waals surface area contributed by atoms with Crippen LogP contribution in [0.3, 0.4) is 0 Å². The van der Waals surface area contributed by atoms with Gasteiger partial charge in [-0.2, -0.15) is 0 Å². The minimum Gasteiger partial charge on any atom is -0.497 e. The fourth-order valence-corrected chi connectivity index (χ4v) is 4.18. The molecule has 0 radical (unpaired) electrons. The molecule has 0 aliphatic rings. The highest BCUT2D eigenvalue weighted by Crippen LogP contribution is 2.37. The largest absolute Gasteiger partial charge is 0.497 e. The van der Waals surface area contributed by atoms with Gasteiger partial charge in [0.2, 0.25) is 0 Å². The number of carbonyl (C=O) groups excluding carboxylic acids is 1. The van der Waals surface area contributed by atoms with E-state index in [1.165, 1.54) is 0 Å². The summed E-state index contributed by atoms with van der Waals surface area (Å²) in [5.74, 6) is 0.644. The van der Waals surface area contributed by atoms with Gasteiger partial charge in [-0.15, -0.1) is 0 Å². The Morgan fingerprint density at radius 1 is 1.03 bits per heavy atom. The van der Waals surface area contributed by atoms with Crippen LogP contribution in [0.15, 0.2) is 82.6 Å². The molecule has 0 atom stereocenters. The Bertz CT molecular complexity index is 1140. The van der Waals surface area contributed by atoms with E-state index >= 15 is 0 Å². The van der Waals surface area contributed by atoms with Crippen molar-refractivity contribution in [1.29, 1.82) is 0 Å². The van der Waals surface area contributed by atoms with Crippen molar-refractivity contribution < 1.29 is 9.53 Å². The zero-order valence-corrected chi connectivity index (χ0v) is 17.3. The zero-order valence-electron chi connectivity index (χ0n) is 15.7. The molecule has 4 aromatic rings. The van der Waals surface area contributed by atoms with Gasteiger partial charge in [-0.25, -0.2) is 0 Å². The molecule has 0 aliphatic carbocycles. The van der Waals surface area contributed by atoms with Crippen LogP contribution in [0, 0.1) is 0 Å². The summed E-state index contributed by atoms with van der Waals surface area (Å²) in [5.41, 5.74) is 2.49. The Kier molecular flexibility index (Phi) is 5.79. The average molecular weight is 423 g/mol. The van der Waals surface area contributed by atoms with Crippen LogP contribution in [-0.4, -0.2) is 18.0 Å². The number of para-hydroxylation sites is 1. The first-order chi connectivity index (χ1) is 14.1. The number of aromatic nitrogens is 1. The number of halogens is 1. The monoisotopic (exact) mass is 422 g/mol. The van der Waals surface area contributed by atoms with Gasteiger partial charge in [0.25, 0.3) is 5.91 Å². The van der Waals surface area contributed by atoms with Crippen LogP contribution in [-0.2, 0) is 6.54 Å². The molecule has 29 heavy (non-hydrogen) atoms. The van der Waals surface area contributed by atoms with Gasteiger partial charge in [-0.1, -0.05) is 53.7 Å². The van der Waals surface area contributed by atoms with Gasteiger partial charge < -0.3 is 15.0 Å². The van der Waals surface area contributed by atoms with E-state index in [-0.39, 0.29) is 5.91 Å². The van der Waals surface area contributed by atoms with Crippen LogP contribution >= 0.6 is 23.4 Å². The molecule has 146 valence electrons. The fraction of sp³-hybridized carbons (Fsp3) is 0.0870. The summed E-state index contributed by atoms with van der Waals surface area (Å²) >= 11 is 7.55. The molecule has 1 heterocycles. The van der Waals surface area contributed by atoms with Gasteiger partial charge >= 0.3 is 0 Å². The number of methoxy groups -OCH3 is 1. The number of hydrogen-bond donors (Lipinski definition) is 2. The first kappa shape index (κ1) is 19.4. The highest BCUT2D eigenvalue weighted by Gasteiger charge is 2.18. The molecule has 0 fully saturated rings. The zero-order chi connectivity index (χ0) is 20.2. The van der Waals surface area contributed by atoms with Crippen molar-refractivity contribution in [1.82, 2.24) is 10.3 Å². The summed E-state index contributed by atoms with van der Waals surface area (Å²) in [6.45, 7) is 0.434. The van der Waals surface area contributed by atoms with Crippen LogP contribution in [0.2, 0.25) is 5.02 Å². The second-order valence-electron chi connectivity index (χ2n) is 6.46. The normalized spacial score (nSPS) is 10.8. The number of carbonyl (C=O) groups is 1. The molecule has 0 bridgehead atoms. The van der Waals surface area contributed by atoms with Crippen LogP contribution in [0.25, 0.3) is 10.9 Å². The number of amides is 1. The van der Waals surface area contributed by atoms with Gasteiger partial charge in [-0.05, 0) is 48.0 Å². The highest BCUT2D eigenvalue weighted by atomic mass is 35.5. The summed E-state index contributed by atoms with van der Waals surface area (Å²) in [5, 5.41) is 4.71. The van der Waals surface area contributed by atoms with E-state index in [2.05, 4.69) is 10.3 Å². The van der Waals surface area contributed by atoms with Crippen molar-refractivity contribution in [2.75, 3.05) is 7.11 Å². The van der Waals surface area contributed by atoms with E-state index in [0.717, 1.165) is 32.0 Å². The van der Waals surface area contributed by atoms with E-state index in [4.69, 9.17) is 16.3 Å². The van der Waals surface area contributed by atoms with Crippen molar-refractivity contribution in [2.24, 2.45) is 0 Å². The van der Waals surface area contributed by atoms with Crippen LogP contribution < -0.4 is 10.1 Å². The van der Waals surface area contributed by atoms with E-state index in [0.29, 0.717) is 17.3 Å². The van der Waals surface area contributed by atoms with E-state index < -0.39 is 0 Å². The molecular weight excluding hydrogens is 404 g/mol. The molecule has 2 N–H and O–H groups in total. The molecule has 4 rings (SSSR count). The predicted molar refractivity (Wildman–Crippen MR) is 118 cm³/mol. The van der Waals surface area contributed by atoms with Gasteiger partial charge in [-0.3, -0.25) is 4.79 Å². The summed E-state index contributed by atoms with van der Waals surface area (Å²) in [7, 11) is 1.63. The first-order valence-electron chi connectivity index (χ1n) is 9.09. The third kappa shape index (κ3) is 4.42. The second kappa shape index (κ2) is 8.64. The number of benzene rings is 3. The van der Waals surface area contributed by atoms with Gasteiger partial charge in [0.1, 0.15) is 11.4 Å². The van der Waals surface area contributed by atoms with E-state index in [1.807, 2.05) is 72.8 Å². The number of hydrogen-bond acceptors (Lipinski definition) is 3. The van der Waals surface area contributed by atoms with Gasteiger partial charge in [0.15, 0.2) is 0 Å². The molecule has 4 nitrogen and oxygen atoms in total. The standard InChI is InChI=1S/C23H19ClN2O2S/c1-28-17-10-6-15(7-11-17)14-25-23(27)21-22(19-4-2-3-5-20(19)26-21)29-18-12-8-16(24)9-13-18/h2-13,26H,14H2,1H3,(H,25,27). The second-order valence-corrected chi connectivity index (χ2v) is 7.98. The maximum atomic E-state index is 13.0. The molecule has 6 heteroatoms. The lowest BCUT2D eigenvalue weighted by Crippen LogP contribution is -2.23. The van der Waals surface area contributed by atoms with Crippen molar-refractivity contribution in [3.05, 3.63) is 89.1 Å². The minimum atomic E-state index is -0.145. The number of H-pyrrole nitrogens is 1. The van der Waals surface area contributed by atoms with E-state index in [9.17, 15) is 4.79 Å². The SMILES string of the molecule is COc1ccc(CNC(=O)c2[nH]c3ccccc3c2Sc2ccc(Cl)cc2)cc1. The minimum absolute atomic E-state index is 0.145. The maximum Gasteiger partial charge on any atom is 0.269 e. The van der Waals surface area contributed by atoms with Gasteiger partial charge in [0, 0.05) is 27.4 Å². The molecule has 1 amide bonds. The molecule has 3 aromatic carbocycles. The Morgan fingerprint density at radius 2 is 1.76 bits per heavy atom. The third-order valence-corrected chi connectivity index (χ3v) is 5.92. The molecular formula is C23H19ClN2O2S. The van der Waals surface area contributed by atoms with Crippen LogP contribution in [0.5, 0.6) is 5.75 Å². The Morgan fingerprint density at radius 3 is 2.48 bits per heavy atom. The fourth-order valence-electron chi connectivity index (χ4n) is 3.02. The number of fused-ring (bicyclic) bond motifs is 1. The van der Waals surface area contributed by atoms with Gasteiger partial charge in [0.05, 0.1) is 12.0 Å². The van der Waals surface area contributed by atoms with Crippen LogP contribution in [0.1, 0.15) is 16.1 Å². The van der Waals surface area contributed by atoms with Crippen molar-refractivity contribution in [2.45, 2.75) is 16.3 Å². The van der Waals surface area contributed by atoms with E-state index in [1.54, 1.807) is 18.9 Å². The quantitative estimate of drug-likeness (QED) is 0.406. The third-order valence-electron chi connectivity index (χ3n) is 4.53. The lowest BCUT2D eigenvalue weighted by molar-refractivity contribution is 0.0944. The molecule has 0 saturated carbocycles. The molecule has 0 saturated heterocycles. The van der Waals surface area contributed by atoms with Crippen LogP contribution in [0.4, 0.5) is 0 Å². The Balaban J connectivity index is 1.59.